The molecule has 0 aromatic rings. The maximum atomic E-state index is 3.70. The molecule has 0 heterocycles. The molecule has 1 aliphatic carbocycles. The summed E-state index contributed by atoms with van der Waals surface area (Å²) in [6, 6.07) is 0.816. The molecule has 1 aliphatic rings. The molecule has 1 nitrogen and oxygen atoms in total. The zero-order valence-electron chi connectivity index (χ0n) is 9.47. The lowest BCUT2D eigenvalue weighted by Crippen LogP contribution is -2.33. The normalized spacial score (nSPS) is 33.9. The van der Waals surface area contributed by atoms with E-state index in [9.17, 15) is 0 Å². The summed E-state index contributed by atoms with van der Waals surface area (Å²) >= 11 is 0. The molecule has 0 amide bonds. The highest BCUT2D eigenvalue weighted by Crippen LogP contribution is 2.33. The Morgan fingerprint density at radius 1 is 1.23 bits per heavy atom. The molecule has 0 bridgehead atoms. The lowest BCUT2D eigenvalue weighted by molar-refractivity contribution is 0.344. The fourth-order valence-electron chi connectivity index (χ4n) is 2.58. The van der Waals surface area contributed by atoms with Gasteiger partial charge in [0.1, 0.15) is 0 Å². The van der Waals surface area contributed by atoms with Crippen LogP contribution in [0.1, 0.15) is 52.9 Å². The number of nitrogens with one attached hydrogen (secondary N) is 1. The second-order valence-electron chi connectivity index (χ2n) is 4.52. The van der Waals surface area contributed by atoms with Crippen LogP contribution < -0.4 is 5.32 Å². The molecule has 0 aromatic carbocycles. The van der Waals surface area contributed by atoms with E-state index < -0.39 is 0 Å². The van der Waals surface area contributed by atoms with Crippen molar-refractivity contribution in [1.29, 1.82) is 0 Å². The van der Waals surface area contributed by atoms with Crippen LogP contribution in [0.2, 0.25) is 0 Å². The highest BCUT2D eigenvalue weighted by molar-refractivity contribution is 4.86. The summed E-state index contributed by atoms with van der Waals surface area (Å²) in [4.78, 5) is 0. The Bertz CT molecular complexity index is 133. The molecule has 1 saturated carbocycles. The Kier molecular flexibility index (Phi) is 4.79. The monoisotopic (exact) mass is 183 g/mol. The van der Waals surface area contributed by atoms with Crippen molar-refractivity contribution in [1.82, 2.24) is 5.32 Å². The molecule has 0 radical (unpaired) electrons. The minimum absolute atomic E-state index is 0.816. The van der Waals surface area contributed by atoms with Gasteiger partial charge in [-0.2, -0.15) is 0 Å². The SMILES string of the molecule is CCCCNC1CCC(CC)C1C. The van der Waals surface area contributed by atoms with Crippen LogP contribution in [-0.2, 0) is 0 Å². The van der Waals surface area contributed by atoms with Crippen LogP contribution >= 0.6 is 0 Å². The van der Waals surface area contributed by atoms with Crippen molar-refractivity contribution in [2.24, 2.45) is 11.8 Å². The smallest absolute Gasteiger partial charge is 0.00954 e. The van der Waals surface area contributed by atoms with Gasteiger partial charge in [-0.1, -0.05) is 33.6 Å². The molecule has 0 spiro atoms. The second-order valence-corrected chi connectivity index (χ2v) is 4.52. The molecule has 0 aliphatic heterocycles. The Labute approximate surface area is 83.3 Å². The van der Waals surface area contributed by atoms with Crippen molar-refractivity contribution < 1.29 is 0 Å². The quantitative estimate of drug-likeness (QED) is 0.645. The lowest BCUT2D eigenvalue weighted by Gasteiger charge is -2.20. The third-order valence-electron chi connectivity index (χ3n) is 3.69. The van der Waals surface area contributed by atoms with Gasteiger partial charge < -0.3 is 5.32 Å². The summed E-state index contributed by atoms with van der Waals surface area (Å²) in [5.41, 5.74) is 0. The van der Waals surface area contributed by atoms with E-state index in [0.29, 0.717) is 0 Å². The van der Waals surface area contributed by atoms with Crippen molar-refractivity contribution in [2.75, 3.05) is 6.54 Å². The summed E-state index contributed by atoms with van der Waals surface area (Å²) in [5.74, 6) is 1.89. The highest BCUT2D eigenvalue weighted by atomic mass is 14.9. The third-order valence-corrected chi connectivity index (χ3v) is 3.69. The maximum Gasteiger partial charge on any atom is 0.00954 e. The number of unbranched alkanes of at least 4 members (excludes halogenated alkanes) is 1. The molecule has 78 valence electrons. The Morgan fingerprint density at radius 3 is 2.54 bits per heavy atom. The molecular formula is C12H25N. The van der Waals surface area contributed by atoms with Gasteiger partial charge in [0, 0.05) is 6.04 Å². The molecule has 1 N–H and O–H groups in total. The highest BCUT2D eigenvalue weighted by Gasteiger charge is 2.30. The standard InChI is InChI=1S/C12H25N/c1-4-6-9-13-12-8-7-11(5-2)10(12)3/h10-13H,4-9H2,1-3H3. The molecule has 0 aromatic heterocycles. The molecule has 0 saturated heterocycles. The Morgan fingerprint density at radius 2 is 2.00 bits per heavy atom. The molecule has 13 heavy (non-hydrogen) atoms. The largest absolute Gasteiger partial charge is 0.314 e. The van der Waals surface area contributed by atoms with E-state index in [-0.39, 0.29) is 0 Å². The minimum atomic E-state index is 0.816. The van der Waals surface area contributed by atoms with Crippen LogP contribution in [0.15, 0.2) is 0 Å². The average molecular weight is 183 g/mol. The van der Waals surface area contributed by atoms with E-state index >= 15 is 0 Å². The molecule has 3 unspecified atom stereocenters. The zero-order valence-corrected chi connectivity index (χ0v) is 9.47. The van der Waals surface area contributed by atoms with E-state index in [2.05, 4.69) is 26.1 Å². The molecule has 3 atom stereocenters. The van der Waals surface area contributed by atoms with E-state index in [0.717, 1.165) is 17.9 Å². The van der Waals surface area contributed by atoms with Gasteiger partial charge in [0.05, 0.1) is 0 Å². The molecule has 1 rings (SSSR count). The second kappa shape index (κ2) is 5.64. The summed E-state index contributed by atoms with van der Waals surface area (Å²) < 4.78 is 0. The topological polar surface area (TPSA) is 12.0 Å². The fourth-order valence-corrected chi connectivity index (χ4v) is 2.58. The van der Waals surface area contributed by atoms with Crippen molar-refractivity contribution >= 4 is 0 Å². The van der Waals surface area contributed by atoms with Crippen molar-refractivity contribution in [2.45, 2.75) is 58.9 Å². The van der Waals surface area contributed by atoms with E-state index in [4.69, 9.17) is 0 Å². The third kappa shape index (κ3) is 2.98. The van der Waals surface area contributed by atoms with Gasteiger partial charge in [-0.05, 0) is 37.6 Å². The van der Waals surface area contributed by atoms with Crippen LogP contribution in [0, 0.1) is 11.8 Å². The van der Waals surface area contributed by atoms with Crippen LogP contribution in [-0.4, -0.2) is 12.6 Å². The fraction of sp³-hybridized carbons (Fsp3) is 1.00. The van der Waals surface area contributed by atoms with Gasteiger partial charge in [-0.3, -0.25) is 0 Å². The molecular weight excluding hydrogens is 158 g/mol. The lowest BCUT2D eigenvalue weighted by atomic mass is 9.93. The van der Waals surface area contributed by atoms with Gasteiger partial charge in [-0.25, -0.2) is 0 Å². The van der Waals surface area contributed by atoms with Crippen LogP contribution in [0.5, 0.6) is 0 Å². The van der Waals surface area contributed by atoms with E-state index in [1.807, 2.05) is 0 Å². The predicted molar refractivity (Wildman–Crippen MR) is 58.9 cm³/mol. The van der Waals surface area contributed by atoms with Gasteiger partial charge in [0.2, 0.25) is 0 Å². The van der Waals surface area contributed by atoms with Gasteiger partial charge in [0.15, 0.2) is 0 Å². The van der Waals surface area contributed by atoms with E-state index in [1.165, 1.54) is 38.6 Å². The number of rotatable bonds is 5. The first-order chi connectivity index (χ1) is 6.29. The van der Waals surface area contributed by atoms with Crippen LogP contribution in [0.25, 0.3) is 0 Å². The summed E-state index contributed by atoms with van der Waals surface area (Å²) in [7, 11) is 0. The maximum absolute atomic E-state index is 3.70. The zero-order chi connectivity index (χ0) is 9.68. The van der Waals surface area contributed by atoms with Crippen molar-refractivity contribution in [3.63, 3.8) is 0 Å². The predicted octanol–water partition coefficient (Wildman–Crippen LogP) is 3.20. The van der Waals surface area contributed by atoms with Crippen LogP contribution in [0.3, 0.4) is 0 Å². The number of hydrogen-bond donors (Lipinski definition) is 1. The van der Waals surface area contributed by atoms with Crippen LogP contribution in [0.4, 0.5) is 0 Å². The minimum Gasteiger partial charge on any atom is -0.314 e. The molecule has 1 fully saturated rings. The first-order valence-corrected chi connectivity index (χ1v) is 6.03. The summed E-state index contributed by atoms with van der Waals surface area (Å²) in [6.45, 7) is 8.23. The van der Waals surface area contributed by atoms with Gasteiger partial charge >= 0.3 is 0 Å². The summed E-state index contributed by atoms with van der Waals surface area (Å²) in [5, 5.41) is 3.70. The van der Waals surface area contributed by atoms with Gasteiger partial charge in [0.25, 0.3) is 0 Å². The first-order valence-electron chi connectivity index (χ1n) is 6.03. The first kappa shape index (κ1) is 11.0. The average Bonchev–Trinajstić information content (AvgIpc) is 2.48. The van der Waals surface area contributed by atoms with Crippen molar-refractivity contribution in [3.8, 4) is 0 Å². The molecule has 1 heteroatoms. The van der Waals surface area contributed by atoms with E-state index in [1.54, 1.807) is 0 Å². The van der Waals surface area contributed by atoms with Gasteiger partial charge in [-0.15, -0.1) is 0 Å². The Hall–Kier alpha value is -0.0400. The Balaban J connectivity index is 2.20. The van der Waals surface area contributed by atoms with Crippen molar-refractivity contribution in [3.05, 3.63) is 0 Å². The number of hydrogen-bond acceptors (Lipinski definition) is 1. The summed E-state index contributed by atoms with van der Waals surface area (Å²) in [6.07, 6.45) is 6.86.